The van der Waals surface area contributed by atoms with E-state index in [1.165, 1.54) is 24.0 Å². The number of aromatic nitrogens is 4. The van der Waals surface area contributed by atoms with Crippen LogP contribution in [0.3, 0.4) is 0 Å². The number of thioether (sulfide) groups is 1. The van der Waals surface area contributed by atoms with E-state index in [-0.39, 0.29) is 6.61 Å². The smallest absolute Gasteiger partial charge is 0.416 e. The van der Waals surface area contributed by atoms with E-state index in [1.807, 2.05) is 46.9 Å². The van der Waals surface area contributed by atoms with Gasteiger partial charge in [-0.15, -0.1) is 5.10 Å². The quantitative estimate of drug-likeness (QED) is 0.258. The molecule has 0 spiro atoms. The van der Waals surface area contributed by atoms with Crippen LogP contribution in [-0.4, -0.2) is 25.7 Å². The van der Waals surface area contributed by atoms with Crippen LogP contribution in [0.5, 0.6) is 5.75 Å². The number of hydrogen-bond donors (Lipinski definition) is 0. The number of nitrogens with zero attached hydrogens (tertiary/aromatic N) is 4. The molecule has 4 rings (SSSR count). The molecular formula is C24H21F3N4O2S. The van der Waals surface area contributed by atoms with Crippen molar-refractivity contribution in [3.05, 3.63) is 95.5 Å². The van der Waals surface area contributed by atoms with Crippen LogP contribution >= 0.6 is 11.8 Å². The Bertz CT molecular complexity index is 1190. The van der Waals surface area contributed by atoms with E-state index in [2.05, 4.69) is 15.3 Å². The largest absolute Gasteiger partial charge is 0.487 e. The van der Waals surface area contributed by atoms with Gasteiger partial charge in [0.25, 0.3) is 0 Å². The molecule has 0 fully saturated rings. The number of rotatable bonds is 10. The molecular weight excluding hydrogens is 465 g/mol. The molecule has 0 atom stereocenters. The van der Waals surface area contributed by atoms with Crippen molar-refractivity contribution in [3.63, 3.8) is 0 Å². The number of hydrogen-bond acceptors (Lipinski definition) is 6. The van der Waals surface area contributed by atoms with Gasteiger partial charge in [0.15, 0.2) is 0 Å². The lowest BCUT2D eigenvalue weighted by Crippen LogP contribution is -2.03. The standard InChI is InChI=1S/C24H21F3N4O2S/c25-24(26,27)20-6-1-18(2-7-20)5-10-23-29-21(16-33-23)15-32-22-8-3-19(4-9-22)17-34-14-13-31-12-11-28-30-31/h1-12,16H,13-15,17H2. The van der Waals surface area contributed by atoms with E-state index < -0.39 is 11.7 Å². The Labute approximate surface area is 198 Å². The Morgan fingerprint density at radius 1 is 1.03 bits per heavy atom. The van der Waals surface area contributed by atoms with Crippen molar-refractivity contribution in [2.45, 2.75) is 25.1 Å². The lowest BCUT2D eigenvalue weighted by atomic mass is 10.1. The fraction of sp³-hybridized carbons (Fsp3) is 0.208. The minimum absolute atomic E-state index is 0.240. The third-order valence-corrected chi connectivity index (χ3v) is 5.75. The summed E-state index contributed by atoms with van der Waals surface area (Å²) >= 11 is 1.82. The topological polar surface area (TPSA) is 66.0 Å². The fourth-order valence-electron chi connectivity index (χ4n) is 2.96. The van der Waals surface area contributed by atoms with Crippen LogP contribution in [0.1, 0.15) is 28.3 Å². The molecule has 2 aromatic carbocycles. The van der Waals surface area contributed by atoms with Crippen LogP contribution < -0.4 is 4.74 Å². The van der Waals surface area contributed by atoms with Crippen molar-refractivity contribution in [1.82, 2.24) is 20.0 Å². The fourth-order valence-corrected chi connectivity index (χ4v) is 3.84. The first-order chi connectivity index (χ1) is 16.5. The molecule has 0 N–H and O–H groups in total. The molecule has 0 aliphatic rings. The lowest BCUT2D eigenvalue weighted by Gasteiger charge is -2.06. The minimum Gasteiger partial charge on any atom is -0.487 e. The summed E-state index contributed by atoms with van der Waals surface area (Å²) in [5.41, 5.74) is 1.74. The molecule has 0 saturated carbocycles. The first kappa shape index (κ1) is 23.6. The van der Waals surface area contributed by atoms with Gasteiger partial charge in [-0.05, 0) is 41.5 Å². The predicted molar refractivity (Wildman–Crippen MR) is 124 cm³/mol. The summed E-state index contributed by atoms with van der Waals surface area (Å²) in [6, 6.07) is 12.8. The zero-order valence-corrected chi connectivity index (χ0v) is 18.8. The van der Waals surface area contributed by atoms with Gasteiger partial charge in [-0.2, -0.15) is 24.9 Å². The summed E-state index contributed by atoms with van der Waals surface area (Å²) in [5, 5.41) is 7.73. The molecule has 0 radical (unpaired) electrons. The molecule has 6 nitrogen and oxygen atoms in total. The Kier molecular flexibility index (Phi) is 7.69. The number of benzene rings is 2. The monoisotopic (exact) mass is 486 g/mol. The van der Waals surface area contributed by atoms with Crippen LogP contribution in [-0.2, 0) is 25.1 Å². The van der Waals surface area contributed by atoms with E-state index in [9.17, 15) is 13.2 Å². The molecule has 0 unspecified atom stereocenters. The molecule has 0 bridgehead atoms. The Morgan fingerprint density at radius 2 is 1.82 bits per heavy atom. The number of ether oxygens (including phenoxy) is 1. The van der Waals surface area contributed by atoms with E-state index in [1.54, 1.807) is 18.3 Å². The van der Waals surface area contributed by atoms with Crippen molar-refractivity contribution in [1.29, 1.82) is 0 Å². The van der Waals surface area contributed by atoms with Gasteiger partial charge in [-0.1, -0.05) is 29.5 Å². The summed E-state index contributed by atoms with van der Waals surface area (Å²) < 4.78 is 50.9. The molecule has 34 heavy (non-hydrogen) atoms. The SMILES string of the molecule is FC(F)(F)c1ccc(C=Cc2nc(COc3ccc(CSCCn4ccnn4)cc3)co2)cc1. The molecule has 10 heteroatoms. The molecule has 0 aliphatic heterocycles. The van der Waals surface area contributed by atoms with Crippen molar-refractivity contribution in [2.24, 2.45) is 0 Å². The van der Waals surface area contributed by atoms with Gasteiger partial charge in [0.05, 0.1) is 18.3 Å². The molecule has 2 aromatic heterocycles. The number of aryl methyl sites for hydroxylation is 1. The third kappa shape index (κ3) is 6.98. The average molecular weight is 487 g/mol. The summed E-state index contributed by atoms with van der Waals surface area (Å²) in [7, 11) is 0. The maximum Gasteiger partial charge on any atom is 0.416 e. The zero-order chi connectivity index (χ0) is 23.8. The maximum absolute atomic E-state index is 12.6. The van der Waals surface area contributed by atoms with E-state index in [0.717, 1.165) is 35.9 Å². The normalized spacial score (nSPS) is 11.9. The van der Waals surface area contributed by atoms with Gasteiger partial charge in [0.2, 0.25) is 5.89 Å². The molecule has 0 aliphatic carbocycles. The van der Waals surface area contributed by atoms with Crippen molar-refractivity contribution in [2.75, 3.05) is 5.75 Å². The average Bonchev–Trinajstić information content (AvgIpc) is 3.52. The van der Waals surface area contributed by atoms with Crippen molar-refractivity contribution in [3.8, 4) is 5.75 Å². The van der Waals surface area contributed by atoms with E-state index >= 15 is 0 Å². The van der Waals surface area contributed by atoms with Crippen LogP contribution in [0, 0.1) is 0 Å². The van der Waals surface area contributed by atoms with Crippen LogP contribution in [0.25, 0.3) is 12.2 Å². The minimum atomic E-state index is -4.35. The second-order valence-corrected chi connectivity index (χ2v) is 8.39. The van der Waals surface area contributed by atoms with Crippen molar-refractivity contribution >= 4 is 23.9 Å². The van der Waals surface area contributed by atoms with E-state index in [0.29, 0.717) is 17.1 Å². The van der Waals surface area contributed by atoms with Gasteiger partial charge < -0.3 is 9.15 Å². The summed E-state index contributed by atoms with van der Waals surface area (Å²) in [6.07, 6.45) is 3.90. The first-order valence-corrected chi connectivity index (χ1v) is 11.5. The highest BCUT2D eigenvalue weighted by Crippen LogP contribution is 2.29. The zero-order valence-electron chi connectivity index (χ0n) is 18.0. The highest BCUT2D eigenvalue weighted by molar-refractivity contribution is 7.98. The number of oxazole rings is 1. The number of alkyl halides is 3. The first-order valence-electron chi connectivity index (χ1n) is 10.4. The van der Waals surface area contributed by atoms with Gasteiger partial charge in [-0.3, -0.25) is 4.68 Å². The third-order valence-electron chi connectivity index (χ3n) is 4.74. The summed E-state index contributed by atoms with van der Waals surface area (Å²) in [5.74, 6) is 2.91. The molecule has 0 amide bonds. The highest BCUT2D eigenvalue weighted by Gasteiger charge is 2.29. The second-order valence-electron chi connectivity index (χ2n) is 7.28. The molecule has 2 heterocycles. The van der Waals surface area contributed by atoms with E-state index in [4.69, 9.17) is 9.15 Å². The van der Waals surface area contributed by atoms with Crippen LogP contribution in [0.2, 0.25) is 0 Å². The van der Waals surface area contributed by atoms with Gasteiger partial charge in [0.1, 0.15) is 24.3 Å². The van der Waals surface area contributed by atoms with Crippen LogP contribution in [0.4, 0.5) is 13.2 Å². The lowest BCUT2D eigenvalue weighted by molar-refractivity contribution is -0.137. The molecule has 0 saturated heterocycles. The highest BCUT2D eigenvalue weighted by atomic mass is 32.2. The predicted octanol–water partition coefficient (Wildman–Crippen LogP) is 5.97. The molecule has 176 valence electrons. The number of halogens is 3. The van der Waals surface area contributed by atoms with Gasteiger partial charge in [0, 0.05) is 23.8 Å². The van der Waals surface area contributed by atoms with Gasteiger partial charge >= 0.3 is 6.18 Å². The Morgan fingerprint density at radius 3 is 2.53 bits per heavy atom. The Balaban J connectivity index is 1.21. The maximum atomic E-state index is 12.6. The summed E-state index contributed by atoms with van der Waals surface area (Å²) in [6.45, 7) is 1.06. The molecule has 4 aromatic rings. The Hall–Kier alpha value is -3.53. The summed E-state index contributed by atoms with van der Waals surface area (Å²) in [4.78, 5) is 4.31. The van der Waals surface area contributed by atoms with Crippen molar-refractivity contribution < 1.29 is 22.3 Å². The van der Waals surface area contributed by atoms with Crippen LogP contribution in [0.15, 0.2) is 71.6 Å². The van der Waals surface area contributed by atoms with Gasteiger partial charge in [-0.25, -0.2) is 4.98 Å². The second kappa shape index (κ2) is 11.1.